The summed E-state index contributed by atoms with van der Waals surface area (Å²) >= 11 is 0. The monoisotopic (exact) mass is 348 g/mol. The number of hydrogen-bond acceptors (Lipinski definition) is 6. The molecule has 0 unspecified atom stereocenters. The minimum Gasteiger partial charge on any atom is -0.382 e. The first-order chi connectivity index (χ1) is 12.5. The Balaban J connectivity index is 2.03. The number of anilines is 1. The Morgan fingerprint density at radius 2 is 1.96 bits per heavy atom. The second-order valence-electron chi connectivity index (χ2n) is 5.93. The molecule has 0 saturated carbocycles. The van der Waals surface area contributed by atoms with Gasteiger partial charge in [0, 0.05) is 49.9 Å². The summed E-state index contributed by atoms with van der Waals surface area (Å²) in [5.41, 5.74) is 10.1. The lowest BCUT2D eigenvalue weighted by Gasteiger charge is -2.13. The molecule has 0 amide bonds. The molecule has 2 aromatic heterocycles. The van der Waals surface area contributed by atoms with Gasteiger partial charge in [-0.15, -0.1) is 0 Å². The molecule has 3 aromatic rings. The number of nitrogens with zero attached hydrogens (tertiary/aromatic N) is 5. The van der Waals surface area contributed by atoms with Gasteiger partial charge in [0.2, 0.25) is 0 Å². The van der Waals surface area contributed by atoms with Crippen molar-refractivity contribution < 1.29 is 4.52 Å². The average Bonchev–Trinajstić information content (AvgIpc) is 3.06. The van der Waals surface area contributed by atoms with Crippen LogP contribution in [0, 0.1) is 6.92 Å². The van der Waals surface area contributed by atoms with Crippen LogP contribution >= 0.6 is 0 Å². The molecule has 0 aliphatic rings. The van der Waals surface area contributed by atoms with Gasteiger partial charge in [-0.1, -0.05) is 17.3 Å². The maximum atomic E-state index is 6.12. The SMILES string of the molecule is Cc1cc(/C=C(/N=C(N)c2cnccn2)c2ccc(N(C)C)cc2)on1. The van der Waals surface area contributed by atoms with Gasteiger partial charge >= 0.3 is 0 Å². The normalized spacial score (nSPS) is 12.3. The zero-order valence-corrected chi connectivity index (χ0v) is 14.9. The molecular weight excluding hydrogens is 328 g/mol. The summed E-state index contributed by atoms with van der Waals surface area (Å²) in [7, 11) is 3.99. The molecule has 2 N–H and O–H groups in total. The third kappa shape index (κ3) is 4.13. The van der Waals surface area contributed by atoms with Crippen LogP contribution in [0.4, 0.5) is 5.69 Å². The van der Waals surface area contributed by atoms with Crippen molar-refractivity contribution >= 4 is 23.3 Å². The topological polar surface area (TPSA) is 93.4 Å². The van der Waals surface area contributed by atoms with E-state index < -0.39 is 0 Å². The number of hydrogen-bond donors (Lipinski definition) is 1. The number of aryl methyl sites for hydroxylation is 1. The number of aromatic nitrogens is 3. The summed E-state index contributed by atoms with van der Waals surface area (Å²) < 4.78 is 5.29. The molecule has 2 heterocycles. The number of benzene rings is 1. The number of rotatable bonds is 5. The summed E-state index contributed by atoms with van der Waals surface area (Å²) in [6.45, 7) is 1.86. The van der Waals surface area contributed by atoms with E-state index in [0.717, 1.165) is 16.9 Å². The van der Waals surface area contributed by atoms with Crippen LogP contribution in [0.5, 0.6) is 0 Å². The first-order valence-corrected chi connectivity index (χ1v) is 8.06. The van der Waals surface area contributed by atoms with Crippen LogP contribution < -0.4 is 10.6 Å². The van der Waals surface area contributed by atoms with E-state index in [1.54, 1.807) is 24.7 Å². The standard InChI is InChI=1S/C19H20N6O/c1-13-10-16(26-24-13)11-17(14-4-6-15(7-5-14)25(2)3)23-19(20)18-12-21-8-9-22-18/h4-12H,1-3H3,(H2,20,23)/b17-11+. The fourth-order valence-electron chi connectivity index (χ4n) is 2.31. The van der Waals surface area contributed by atoms with Gasteiger partial charge in [0.15, 0.2) is 11.6 Å². The van der Waals surface area contributed by atoms with Gasteiger partial charge in [-0.05, 0) is 19.1 Å². The quantitative estimate of drug-likeness (QED) is 0.563. The van der Waals surface area contributed by atoms with Gasteiger partial charge in [0.05, 0.1) is 17.6 Å². The molecule has 132 valence electrons. The van der Waals surface area contributed by atoms with Crippen molar-refractivity contribution in [3.63, 3.8) is 0 Å². The van der Waals surface area contributed by atoms with E-state index in [4.69, 9.17) is 10.3 Å². The predicted octanol–water partition coefficient (Wildman–Crippen LogP) is 2.74. The van der Waals surface area contributed by atoms with E-state index >= 15 is 0 Å². The summed E-state index contributed by atoms with van der Waals surface area (Å²) in [6.07, 6.45) is 6.54. The van der Waals surface area contributed by atoms with Crippen molar-refractivity contribution in [1.29, 1.82) is 0 Å². The van der Waals surface area contributed by atoms with Gasteiger partial charge in [0.25, 0.3) is 0 Å². The van der Waals surface area contributed by atoms with Crippen molar-refractivity contribution in [1.82, 2.24) is 15.1 Å². The van der Waals surface area contributed by atoms with E-state index in [9.17, 15) is 0 Å². The van der Waals surface area contributed by atoms with Crippen LogP contribution in [0.25, 0.3) is 11.8 Å². The van der Waals surface area contributed by atoms with Crippen LogP contribution in [0.2, 0.25) is 0 Å². The van der Waals surface area contributed by atoms with E-state index in [-0.39, 0.29) is 5.84 Å². The fourth-order valence-corrected chi connectivity index (χ4v) is 2.31. The second kappa shape index (κ2) is 7.60. The molecule has 0 radical (unpaired) electrons. The lowest BCUT2D eigenvalue weighted by molar-refractivity contribution is 0.408. The van der Waals surface area contributed by atoms with Gasteiger partial charge in [0.1, 0.15) is 5.69 Å². The van der Waals surface area contributed by atoms with E-state index in [0.29, 0.717) is 17.2 Å². The minimum absolute atomic E-state index is 0.275. The highest BCUT2D eigenvalue weighted by molar-refractivity contribution is 6.00. The van der Waals surface area contributed by atoms with Gasteiger partial charge < -0.3 is 15.2 Å². The molecule has 1 aromatic carbocycles. The maximum Gasteiger partial charge on any atom is 0.162 e. The summed E-state index contributed by atoms with van der Waals surface area (Å²) in [5, 5.41) is 3.91. The third-order valence-electron chi connectivity index (χ3n) is 3.67. The largest absolute Gasteiger partial charge is 0.382 e. The van der Waals surface area contributed by atoms with Crippen molar-refractivity contribution in [3.05, 3.63) is 71.6 Å². The lowest BCUT2D eigenvalue weighted by Crippen LogP contribution is -2.15. The molecule has 3 rings (SSSR count). The van der Waals surface area contributed by atoms with Crippen LogP contribution in [-0.4, -0.2) is 35.1 Å². The van der Waals surface area contributed by atoms with Crippen LogP contribution in [0.15, 0.2) is 58.4 Å². The van der Waals surface area contributed by atoms with Crippen molar-refractivity contribution in [3.8, 4) is 0 Å². The number of aliphatic imine (C=N–C) groups is 1. The molecule has 0 aliphatic heterocycles. The Hall–Kier alpha value is -3.48. The Bertz CT molecular complexity index is 926. The first kappa shape index (κ1) is 17.3. The van der Waals surface area contributed by atoms with Gasteiger partial charge in [-0.2, -0.15) is 0 Å². The van der Waals surface area contributed by atoms with E-state index in [1.807, 2.05) is 56.3 Å². The highest BCUT2D eigenvalue weighted by Gasteiger charge is 2.08. The zero-order chi connectivity index (χ0) is 18.5. The molecule has 0 saturated heterocycles. The first-order valence-electron chi connectivity index (χ1n) is 8.06. The smallest absolute Gasteiger partial charge is 0.162 e. The van der Waals surface area contributed by atoms with Crippen molar-refractivity contribution in [2.45, 2.75) is 6.92 Å². The highest BCUT2D eigenvalue weighted by Crippen LogP contribution is 2.23. The molecule has 0 bridgehead atoms. The van der Waals surface area contributed by atoms with Crippen LogP contribution in [-0.2, 0) is 0 Å². The Labute approximate surface area is 151 Å². The van der Waals surface area contributed by atoms with E-state index in [2.05, 4.69) is 20.1 Å². The highest BCUT2D eigenvalue weighted by atomic mass is 16.5. The molecule has 0 atom stereocenters. The Morgan fingerprint density at radius 1 is 1.19 bits per heavy atom. The molecular formula is C19H20N6O. The number of nitrogens with two attached hydrogens (primary N) is 1. The predicted molar refractivity (Wildman–Crippen MR) is 103 cm³/mol. The minimum atomic E-state index is 0.275. The lowest BCUT2D eigenvalue weighted by atomic mass is 10.1. The molecule has 0 aliphatic carbocycles. The van der Waals surface area contributed by atoms with Gasteiger partial charge in [-0.3, -0.25) is 4.98 Å². The maximum absolute atomic E-state index is 6.12. The van der Waals surface area contributed by atoms with E-state index in [1.165, 1.54) is 0 Å². The molecule has 7 nitrogen and oxygen atoms in total. The Morgan fingerprint density at radius 3 is 2.54 bits per heavy atom. The van der Waals surface area contributed by atoms with Crippen LogP contribution in [0.3, 0.4) is 0 Å². The zero-order valence-electron chi connectivity index (χ0n) is 14.9. The van der Waals surface area contributed by atoms with Crippen LogP contribution in [0.1, 0.15) is 22.7 Å². The fraction of sp³-hybridized carbons (Fsp3) is 0.158. The Kier molecular flexibility index (Phi) is 5.07. The van der Waals surface area contributed by atoms with Crippen molar-refractivity contribution in [2.24, 2.45) is 10.7 Å². The van der Waals surface area contributed by atoms with Crippen molar-refractivity contribution in [2.75, 3.05) is 19.0 Å². The molecule has 0 fully saturated rings. The summed E-state index contributed by atoms with van der Waals surface area (Å²) in [6, 6.07) is 9.84. The van der Waals surface area contributed by atoms with Gasteiger partial charge in [-0.25, -0.2) is 9.98 Å². The number of amidine groups is 1. The third-order valence-corrected chi connectivity index (χ3v) is 3.67. The summed E-state index contributed by atoms with van der Waals surface area (Å²) in [4.78, 5) is 14.8. The second-order valence-corrected chi connectivity index (χ2v) is 5.93. The average molecular weight is 348 g/mol. The molecule has 26 heavy (non-hydrogen) atoms. The molecule has 7 heteroatoms. The summed E-state index contributed by atoms with van der Waals surface area (Å²) in [5.74, 6) is 0.877. The molecule has 0 spiro atoms.